The molecule has 4 heterocycles. The van der Waals surface area contributed by atoms with Gasteiger partial charge >= 0.3 is 6.18 Å². The second-order valence-electron chi connectivity index (χ2n) is 8.01. The number of hydrogen-bond donors (Lipinski definition) is 2. The van der Waals surface area contributed by atoms with Crippen molar-refractivity contribution in [1.29, 1.82) is 0 Å². The van der Waals surface area contributed by atoms with Gasteiger partial charge < -0.3 is 14.7 Å². The number of furan rings is 1. The predicted molar refractivity (Wildman–Crippen MR) is 118 cm³/mol. The van der Waals surface area contributed by atoms with Crippen LogP contribution in [0.25, 0.3) is 23.4 Å². The van der Waals surface area contributed by atoms with E-state index in [1.54, 1.807) is 36.6 Å². The van der Waals surface area contributed by atoms with E-state index in [4.69, 9.17) is 4.42 Å². The lowest BCUT2D eigenvalue weighted by atomic mass is 9.92. The fraction of sp³-hybridized carbons (Fsp3) is 0.200. The normalized spacial score (nSPS) is 18.3. The van der Waals surface area contributed by atoms with Gasteiger partial charge in [-0.25, -0.2) is 0 Å². The Balaban J connectivity index is 1.31. The minimum atomic E-state index is -4.34. The summed E-state index contributed by atoms with van der Waals surface area (Å²) in [7, 11) is 0. The lowest BCUT2D eigenvalue weighted by Crippen LogP contribution is -2.31. The molecule has 0 saturated heterocycles. The highest BCUT2D eigenvalue weighted by atomic mass is 19.4. The summed E-state index contributed by atoms with van der Waals surface area (Å²) in [5.41, 5.74) is 3.44. The molecule has 0 spiro atoms. The Labute approximate surface area is 187 Å². The van der Waals surface area contributed by atoms with Gasteiger partial charge in [-0.1, -0.05) is 18.2 Å². The van der Waals surface area contributed by atoms with E-state index in [-0.39, 0.29) is 12.3 Å². The molecule has 0 saturated carbocycles. The number of amides is 1. The molecule has 1 amide bonds. The maximum atomic E-state index is 13.0. The molecule has 168 valence electrons. The number of allylic oxidation sites excluding steroid dienone is 4. The first-order chi connectivity index (χ1) is 15.9. The molecule has 3 aromatic heterocycles. The molecule has 0 fully saturated rings. The third kappa shape index (κ3) is 4.41. The largest absolute Gasteiger partial charge is 0.461 e. The van der Waals surface area contributed by atoms with E-state index in [1.807, 2.05) is 18.2 Å². The lowest BCUT2D eigenvalue weighted by Gasteiger charge is -2.18. The van der Waals surface area contributed by atoms with E-state index in [9.17, 15) is 18.0 Å². The Kier molecular flexibility index (Phi) is 5.28. The topological polar surface area (TPSA) is 70.9 Å². The fourth-order valence-corrected chi connectivity index (χ4v) is 4.07. The molecule has 5 rings (SSSR count). The number of halogens is 3. The molecule has 1 atom stereocenters. The molecule has 1 aliphatic carbocycles. The highest BCUT2D eigenvalue weighted by molar-refractivity contribution is 5.97. The standard InChI is InChI=1S/C25H20F3N3O2/c26-25(27,28)17-3-1-2-16(12-17)23-7-6-19(33-23)5-4-18-13-15(8-10-29-18)22-14-20-21(31-22)9-11-30-24(20)32/h1-8,10,13-14,16,31H,9,11-12H2,(H,30,32)/b5-4-. The number of fused-ring (bicyclic) bond motifs is 1. The number of hydrogen-bond acceptors (Lipinski definition) is 3. The smallest absolute Gasteiger partial charge is 0.412 e. The van der Waals surface area contributed by atoms with Gasteiger partial charge in [0.25, 0.3) is 5.91 Å². The molecule has 5 nitrogen and oxygen atoms in total. The minimum absolute atomic E-state index is 0.0767. The van der Waals surface area contributed by atoms with Crippen LogP contribution in [0.15, 0.2) is 64.7 Å². The van der Waals surface area contributed by atoms with Gasteiger partial charge in [-0.15, -0.1) is 0 Å². The summed E-state index contributed by atoms with van der Waals surface area (Å²) in [6, 6.07) is 9.02. The number of H-pyrrole nitrogens is 1. The number of carbonyl (C=O) groups excluding carboxylic acids is 1. The van der Waals surface area contributed by atoms with Gasteiger partial charge in [-0.05, 0) is 48.9 Å². The summed E-state index contributed by atoms with van der Waals surface area (Å²) in [5.74, 6) is 0.483. The molecule has 1 aliphatic heterocycles. The zero-order valence-electron chi connectivity index (χ0n) is 17.4. The summed E-state index contributed by atoms with van der Waals surface area (Å²) >= 11 is 0. The van der Waals surface area contributed by atoms with E-state index in [1.165, 1.54) is 6.08 Å². The zero-order chi connectivity index (χ0) is 23.0. The highest BCUT2D eigenvalue weighted by Gasteiger charge is 2.36. The molecule has 8 heteroatoms. The second-order valence-corrected chi connectivity index (χ2v) is 8.01. The number of alkyl halides is 3. The van der Waals surface area contributed by atoms with Crippen molar-refractivity contribution in [3.8, 4) is 11.3 Å². The van der Waals surface area contributed by atoms with Gasteiger partial charge in [-0.2, -0.15) is 13.2 Å². The summed E-state index contributed by atoms with van der Waals surface area (Å²) in [6.07, 6.45) is 5.71. The summed E-state index contributed by atoms with van der Waals surface area (Å²) in [4.78, 5) is 19.7. The fourth-order valence-electron chi connectivity index (χ4n) is 4.07. The van der Waals surface area contributed by atoms with Crippen LogP contribution in [0.4, 0.5) is 13.2 Å². The van der Waals surface area contributed by atoms with Gasteiger partial charge in [0.05, 0.1) is 11.3 Å². The summed E-state index contributed by atoms with van der Waals surface area (Å²) < 4.78 is 44.8. The van der Waals surface area contributed by atoms with Crippen LogP contribution in [0.5, 0.6) is 0 Å². The molecule has 1 unspecified atom stereocenters. The van der Waals surface area contributed by atoms with Crippen LogP contribution >= 0.6 is 0 Å². The molecular weight excluding hydrogens is 431 g/mol. The minimum Gasteiger partial charge on any atom is -0.461 e. The van der Waals surface area contributed by atoms with E-state index in [0.29, 0.717) is 29.3 Å². The first kappa shape index (κ1) is 21.1. The Hall–Kier alpha value is -3.81. The number of aromatic nitrogens is 2. The maximum Gasteiger partial charge on any atom is 0.412 e. The average molecular weight is 451 g/mol. The maximum absolute atomic E-state index is 13.0. The van der Waals surface area contributed by atoms with Crippen LogP contribution in [0, 0.1) is 0 Å². The van der Waals surface area contributed by atoms with Crippen LogP contribution in [0.2, 0.25) is 0 Å². The molecule has 0 aromatic carbocycles. The quantitative estimate of drug-likeness (QED) is 0.538. The van der Waals surface area contributed by atoms with Gasteiger partial charge in [0.2, 0.25) is 0 Å². The SMILES string of the molecule is O=C1NCCc2[nH]c(-c3ccnc(/C=C\c4ccc(C5C=CC=C(C(F)(F)F)C5)o4)c3)cc21. The van der Waals surface area contributed by atoms with E-state index in [0.717, 1.165) is 29.4 Å². The zero-order valence-corrected chi connectivity index (χ0v) is 17.4. The molecule has 2 aliphatic rings. The lowest BCUT2D eigenvalue weighted by molar-refractivity contribution is -0.0945. The van der Waals surface area contributed by atoms with Crippen LogP contribution in [-0.2, 0) is 6.42 Å². The monoisotopic (exact) mass is 451 g/mol. The number of aromatic amines is 1. The van der Waals surface area contributed by atoms with Crippen molar-refractivity contribution in [1.82, 2.24) is 15.3 Å². The Bertz CT molecular complexity index is 1290. The van der Waals surface area contributed by atoms with E-state index < -0.39 is 17.7 Å². The molecule has 0 bridgehead atoms. The van der Waals surface area contributed by atoms with Crippen LogP contribution < -0.4 is 5.32 Å². The average Bonchev–Trinajstić information content (AvgIpc) is 3.46. The van der Waals surface area contributed by atoms with E-state index in [2.05, 4.69) is 15.3 Å². The molecule has 2 N–H and O–H groups in total. The number of pyridine rings is 1. The number of nitrogens with zero attached hydrogens (tertiary/aromatic N) is 1. The second kappa shape index (κ2) is 8.27. The Morgan fingerprint density at radius 1 is 1.15 bits per heavy atom. The summed E-state index contributed by atoms with van der Waals surface area (Å²) in [5, 5.41) is 2.83. The summed E-state index contributed by atoms with van der Waals surface area (Å²) in [6.45, 7) is 0.617. The Morgan fingerprint density at radius 3 is 2.85 bits per heavy atom. The third-order valence-electron chi connectivity index (χ3n) is 5.77. The first-order valence-electron chi connectivity index (χ1n) is 10.6. The number of nitrogens with one attached hydrogen (secondary N) is 2. The van der Waals surface area contributed by atoms with Gasteiger partial charge in [0, 0.05) is 47.6 Å². The van der Waals surface area contributed by atoms with Crippen LogP contribution in [-0.4, -0.2) is 28.6 Å². The predicted octanol–water partition coefficient (Wildman–Crippen LogP) is 5.66. The highest BCUT2D eigenvalue weighted by Crippen LogP contribution is 2.37. The molecular formula is C25H20F3N3O2. The van der Waals surface area contributed by atoms with Crippen molar-refractivity contribution in [3.63, 3.8) is 0 Å². The number of carbonyl (C=O) groups is 1. The van der Waals surface area contributed by atoms with Crippen molar-refractivity contribution < 1.29 is 22.4 Å². The molecule has 33 heavy (non-hydrogen) atoms. The van der Waals surface area contributed by atoms with Gasteiger partial charge in [0.15, 0.2) is 0 Å². The molecule has 3 aromatic rings. The van der Waals surface area contributed by atoms with Crippen molar-refractivity contribution in [2.45, 2.75) is 24.9 Å². The van der Waals surface area contributed by atoms with Crippen LogP contribution in [0.3, 0.4) is 0 Å². The van der Waals surface area contributed by atoms with Crippen molar-refractivity contribution >= 4 is 18.1 Å². The van der Waals surface area contributed by atoms with Gasteiger partial charge in [0.1, 0.15) is 11.5 Å². The Morgan fingerprint density at radius 2 is 2.03 bits per heavy atom. The van der Waals surface area contributed by atoms with Crippen molar-refractivity contribution in [2.24, 2.45) is 0 Å². The first-order valence-corrected chi connectivity index (χ1v) is 10.6. The number of rotatable bonds is 4. The molecule has 0 radical (unpaired) electrons. The van der Waals surface area contributed by atoms with Crippen molar-refractivity contribution in [2.75, 3.05) is 6.54 Å². The third-order valence-corrected chi connectivity index (χ3v) is 5.77. The van der Waals surface area contributed by atoms with Crippen LogP contribution in [0.1, 0.15) is 45.6 Å². The van der Waals surface area contributed by atoms with Gasteiger partial charge in [-0.3, -0.25) is 9.78 Å². The van der Waals surface area contributed by atoms with Crippen molar-refractivity contribution in [3.05, 3.63) is 88.8 Å². The van der Waals surface area contributed by atoms with E-state index >= 15 is 0 Å².